The van der Waals surface area contributed by atoms with Crippen molar-refractivity contribution in [2.24, 2.45) is 56.7 Å². The van der Waals surface area contributed by atoms with Gasteiger partial charge in [0.25, 0.3) is 0 Å². The number of hydrogen-bond acceptors (Lipinski definition) is 6. The molecule has 0 aliphatic heterocycles. The van der Waals surface area contributed by atoms with Crippen molar-refractivity contribution in [3.8, 4) is 0 Å². The topological polar surface area (TPSA) is 127 Å². The Kier molecular flexibility index (Phi) is 9.31. The molecular formula is C38H58O8. The van der Waals surface area contributed by atoms with Crippen molar-refractivity contribution in [3.05, 3.63) is 12.2 Å². The van der Waals surface area contributed by atoms with Gasteiger partial charge in [-0.25, -0.2) is 0 Å². The molecule has 5 aliphatic carbocycles. The summed E-state index contributed by atoms with van der Waals surface area (Å²) in [5.41, 5.74) is 1.35. The Bertz CT molecular complexity index is 1250. The summed E-state index contributed by atoms with van der Waals surface area (Å²) >= 11 is 0. The van der Waals surface area contributed by atoms with Crippen LogP contribution in [0.5, 0.6) is 0 Å². The molecule has 5 fully saturated rings. The number of esters is 2. The van der Waals surface area contributed by atoms with Crippen LogP contribution in [0.15, 0.2) is 12.2 Å². The largest absolute Gasteiger partial charge is 0.481 e. The van der Waals surface area contributed by atoms with E-state index < -0.39 is 23.9 Å². The number of ether oxygens (including phenoxy) is 2. The lowest BCUT2D eigenvalue weighted by Crippen LogP contribution is -2.67. The van der Waals surface area contributed by atoms with Gasteiger partial charge in [0.05, 0.1) is 32.3 Å². The van der Waals surface area contributed by atoms with Gasteiger partial charge in [0, 0.05) is 10.8 Å². The fraction of sp³-hybridized carbons (Fsp3) is 0.842. The van der Waals surface area contributed by atoms with E-state index in [-0.39, 0.29) is 58.9 Å². The van der Waals surface area contributed by atoms with Gasteiger partial charge in [-0.15, -0.1) is 0 Å². The summed E-state index contributed by atoms with van der Waals surface area (Å²) < 4.78 is 11.9. The Hall–Kier alpha value is -2.38. The smallest absolute Gasteiger partial charge is 0.306 e. The van der Waals surface area contributed by atoms with Crippen molar-refractivity contribution >= 4 is 23.9 Å². The van der Waals surface area contributed by atoms with E-state index in [0.717, 1.165) is 64.2 Å². The molecule has 0 aromatic rings. The third-order valence-corrected chi connectivity index (χ3v) is 15.1. The van der Waals surface area contributed by atoms with E-state index in [0.29, 0.717) is 36.2 Å². The first-order valence-corrected chi connectivity index (χ1v) is 17.9. The van der Waals surface area contributed by atoms with Crippen LogP contribution in [0.4, 0.5) is 0 Å². The average molecular weight is 643 g/mol. The number of fused-ring (bicyclic) bond motifs is 7. The van der Waals surface area contributed by atoms with Crippen LogP contribution < -0.4 is 0 Å². The molecule has 0 radical (unpaired) electrons. The standard InChI is InChI=1S/C38H58O8/c1-23(2)24-14-19-38(22-45-31(43)12-10-29(39)40)21-20-36(6)25(33(24)38)8-9-27-35(5)17-16-28(46-32(44)13-11-30(41)42)34(3,4)26(35)15-18-37(27,36)7/h24-28,33H,1,8-22H2,2-7H3,(H,39,40)(H,41,42)/t24-,25+,26+,27+,28+,33+,35-,36+,37+,38+/m0/s1. The van der Waals surface area contributed by atoms with E-state index in [1.54, 1.807) is 0 Å². The second-order valence-electron chi connectivity index (χ2n) is 17.3. The Morgan fingerprint density at radius 1 is 0.717 bits per heavy atom. The van der Waals surface area contributed by atoms with Crippen LogP contribution in [-0.2, 0) is 28.7 Å². The highest BCUT2D eigenvalue weighted by molar-refractivity contribution is 5.77. The Balaban J connectivity index is 1.38. The SMILES string of the molecule is C=C(C)[C@@H]1CC[C@]2(COC(=O)CCC(=O)O)CC[C@]3(C)[C@H](CC[C@@H]4[C@@]5(C)CC[C@@H](OC(=O)CCC(=O)O)C(C)(C)[C@H]5CC[C@]43C)[C@@H]12. The van der Waals surface area contributed by atoms with Crippen LogP contribution in [0.2, 0.25) is 0 Å². The number of hydrogen-bond donors (Lipinski definition) is 2. The maximum Gasteiger partial charge on any atom is 0.306 e. The summed E-state index contributed by atoms with van der Waals surface area (Å²) in [6, 6.07) is 0. The lowest BCUT2D eigenvalue weighted by molar-refractivity contribution is -0.252. The maximum atomic E-state index is 12.6. The highest BCUT2D eigenvalue weighted by Gasteiger charge is 2.71. The van der Waals surface area contributed by atoms with Crippen molar-refractivity contribution < 1.29 is 38.9 Å². The van der Waals surface area contributed by atoms with Gasteiger partial charge in [0.1, 0.15) is 6.10 Å². The summed E-state index contributed by atoms with van der Waals surface area (Å²) in [5.74, 6) is -0.505. The molecule has 0 amide bonds. The van der Waals surface area contributed by atoms with Crippen LogP contribution >= 0.6 is 0 Å². The lowest BCUT2D eigenvalue weighted by atomic mass is 9.32. The van der Waals surface area contributed by atoms with Gasteiger partial charge in [-0.2, -0.15) is 0 Å². The molecule has 0 heterocycles. The number of rotatable bonds is 10. The van der Waals surface area contributed by atoms with Gasteiger partial charge in [-0.1, -0.05) is 46.8 Å². The third kappa shape index (κ3) is 5.61. The Morgan fingerprint density at radius 3 is 2.00 bits per heavy atom. The highest BCUT2D eigenvalue weighted by atomic mass is 16.5. The monoisotopic (exact) mass is 642 g/mol. The van der Waals surface area contributed by atoms with E-state index in [1.807, 2.05) is 0 Å². The summed E-state index contributed by atoms with van der Waals surface area (Å²) in [6.45, 7) is 19.2. The molecule has 8 nitrogen and oxygen atoms in total. The first-order valence-electron chi connectivity index (χ1n) is 17.9. The first-order chi connectivity index (χ1) is 21.4. The maximum absolute atomic E-state index is 12.6. The molecule has 0 unspecified atom stereocenters. The summed E-state index contributed by atoms with van der Waals surface area (Å²) in [6.07, 6.45) is 9.79. The van der Waals surface area contributed by atoms with E-state index in [2.05, 4.69) is 48.1 Å². The van der Waals surface area contributed by atoms with Gasteiger partial charge in [-0.3, -0.25) is 19.2 Å². The number of aliphatic carboxylic acids is 2. The lowest BCUT2D eigenvalue weighted by Gasteiger charge is -2.73. The van der Waals surface area contributed by atoms with Crippen molar-refractivity contribution in [2.75, 3.05) is 6.61 Å². The second-order valence-corrected chi connectivity index (χ2v) is 17.3. The fourth-order valence-electron chi connectivity index (χ4n) is 12.7. The highest BCUT2D eigenvalue weighted by Crippen LogP contribution is 2.77. The summed E-state index contributed by atoms with van der Waals surface area (Å²) in [7, 11) is 0. The van der Waals surface area contributed by atoms with Crippen molar-refractivity contribution in [1.29, 1.82) is 0 Å². The number of allylic oxidation sites excluding steroid dienone is 1. The predicted octanol–water partition coefficient (Wildman–Crippen LogP) is 7.83. The van der Waals surface area contributed by atoms with Crippen LogP contribution in [-0.4, -0.2) is 46.8 Å². The van der Waals surface area contributed by atoms with Crippen LogP contribution in [0.1, 0.15) is 131 Å². The molecule has 0 bridgehead atoms. The summed E-state index contributed by atoms with van der Waals surface area (Å²) in [5, 5.41) is 18.1. The minimum atomic E-state index is -0.980. The van der Waals surface area contributed by atoms with Gasteiger partial charge in [0.15, 0.2) is 0 Å². The zero-order chi connectivity index (χ0) is 33.9. The van der Waals surface area contributed by atoms with Crippen molar-refractivity contribution in [3.63, 3.8) is 0 Å². The molecule has 5 rings (SSSR count). The van der Waals surface area contributed by atoms with E-state index >= 15 is 0 Å². The Morgan fingerprint density at radius 2 is 1.37 bits per heavy atom. The molecule has 258 valence electrons. The third-order valence-electron chi connectivity index (χ3n) is 15.1. The van der Waals surface area contributed by atoms with Crippen molar-refractivity contribution in [1.82, 2.24) is 0 Å². The molecule has 46 heavy (non-hydrogen) atoms. The molecule has 0 aromatic carbocycles. The van der Waals surface area contributed by atoms with Crippen molar-refractivity contribution in [2.45, 2.75) is 138 Å². The number of carboxylic acids is 2. The molecule has 0 spiro atoms. The van der Waals surface area contributed by atoms with E-state index in [1.165, 1.54) is 5.57 Å². The minimum Gasteiger partial charge on any atom is -0.481 e. The zero-order valence-corrected chi connectivity index (χ0v) is 29.1. The first kappa shape index (κ1) is 34.9. The molecule has 2 N–H and O–H groups in total. The van der Waals surface area contributed by atoms with Crippen LogP contribution in [0, 0.1) is 56.7 Å². The van der Waals surface area contributed by atoms with E-state index in [9.17, 15) is 19.2 Å². The van der Waals surface area contributed by atoms with Gasteiger partial charge >= 0.3 is 23.9 Å². The summed E-state index contributed by atoms with van der Waals surface area (Å²) in [4.78, 5) is 47.3. The fourth-order valence-corrected chi connectivity index (χ4v) is 12.7. The number of carboxylic acid groups (broad SMARTS) is 2. The molecule has 0 saturated heterocycles. The van der Waals surface area contributed by atoms with Gasteiger partial charge < -0.3 is 19.7 Å². The van der Waals surface area contributed by atoms with E-state index in [4.69, 9.17) is 19.7 Å². The number of carbonyl (C=O) groups is 4. The normalized spacial score (nSPS) is 42.4. The average Bonchev–Trinajstić information content (AvgIpc) is 3.36. The molecule has 8 heteroatoms. The van der Waals surface area contributed by atoms with Crippen LogP contribution in [0.25, 0.3) is 0 Å². The quantitative estimate of drug-likeness (QED) is 0.182. The molecule has 10 atom stereocenters. The molecule has 5 aliphatic rings. The van der Waals surface area contributed by atoms with Crippen LogP contribution in [0.3, 0.4) is 0 Å². The Labute approximate surface area is 275 Å². The number of carbonyl (C=O) groups excluding carboxylic acids is 2. The van der Waals surface area contributed by atoms with Gasteiger partial charge in [-0.05, 0) is 117 Å². The molecule has 5 saturated carbocycles. The predicted molar refractivity (Wildman–Crippen MR) is 174 cm³/mol. The molecular weight excluding hydrogens is 584 g/mol. The van der Waals surface area contributed by atoms with Gasteiger partial charge in [0.2, 0.25) is 0 Å². The minimum absolute atomic E-state index is 0.0818. The molecule has 0 aromatic heterocycles. The second kappa shape index (κ2) is 12.3. The zero-order valence-electron chi connectivity index (χ0n) is 29.1.